The molecule has 2 aromatic carbocycles. The standard InChI is InChI=1S/C15H12BrFO2/c1-9-6-7-13(19-2)11(8-9)15(18)10-4-3-5-12(16)14(10)17/h3-8H,1-2H3. The molecule has 0 N–H and O–H groups in total. The van der Waals surface area contributed by atoms with Crippen LogP contribution in [0.4, 0.5) is 4.39 Å². The second-order valence-electron chi connectivity index (χ2n) is 4.13. The topological polar surface area (TPSA) is 26.3 Å². The summed E-state index contributed by atoms with van der Waals surface area (Å²) < 4.78 is 19.4. The fraction of sp³-hybridized carbons (Fsp3) is 0.133. The Bertz CT molecular complexity index is 638. The third-order valence-corrected chi connectivity index (χ3v) is 3.41. The van der Waals surface area contributed by atoms with Crippen molar-refractivity contribution >= 4 is 21.7 Å². The molecule has 0 aliphatic heterocycles. The summed E-state index contributed by atoms with van der Waals surface area (Å²) in [5, 5.41) is 0. The molecule has 2 nitrogen and oxygen atoms in total. The first-order valence-corrected chi connectivity index (χ1v) is 6.47. The van der Waals surface area contributed by atoms with Gasteiger partial charge in [0.1, 0.15) is 11.6 Å². The van der Waals surface area contributed by atoms with Gasteiger partial charge in [0.25, 0.3) is 0 Å². The van der Waals surface area contributed by atoms with Crippen molar-refractivity contribution in [1.82, 2.24) is 0 Å². The highest BCUT2D eigenvalue weighted by Gasteiger charge is 2.19. The number of carbonyl (C=O) groups excluding carboxylic acids is 1. The Balaban J connectivity index is 2.56. The van der Waals surface area contributed by atoms with Crippen molar-refractivity contribution in [2.75, 3.05) is 7.11 Å². The molecule has 4 heteroatoms. The molecule has 2 aromatic rings. The molecular weight excluding hydrogens is 311 g/mol. The molecule has 0 fully saturated rings. The van der Waals surface area contributed by atoms with Crippen molar-refractivity contribution in [1.29, 1.82) is 0 Å². The van der Waals surface area contributed by atoms with Crippen LogP contribution in [0.2, 0.25) is 0 Å². The van der Waals surface area contributed by atoms with Crippen molar-refractivity contribution < 1.29 is 13.9 Å². The van der Waals surface area contributed by atoms with Crippen LogP contribution in [-0.2, 0) is 0 Å². The SMILES string of the molecule is COc1ccc(C)cc1C(=O)c1cccc(Br)c1F. The third-order valence-electron chi connectivity index (χ3n) is 2.80. The van der Waals surface area contributed by atoms with Gasteiger partial charge in [-0.15, -0.1) is 0 Å². The summed E-state index contributed by atoms with van der Waals surface area (Å²) in [6, 6.07) is 9.89. The van der Waals surface area contributed by atoms with E-state index < -0.39 is 5.82 Å². The number of carbonyl (C=O) groups is 1. The van der Waals surface area contributed by atoms with Gasteiger partial charge < -0.3 is 4.74 Å². The number of methoxy groups -OCH3 is 1. The van der Waals surface area contributed by atoms with E-state index in [4.69, 9.17) is 4.74 Å². The zero-order valence-electron chi connectivity index (χ0n) is 10.5. The van der Waals surface area contributed by atoms with Crippen LogP contribution in [0.3, 0.4) is 0 Å². The second-order valence-corrected chi connectivity index (χ2v) is 4.99. The maximum absolute atomic E-state index is 14.0. The Kier molecular flexibility index (Phi) is 4.00. The molecule has 0 aliphatic carbocycles. The molecule has 0 unspecified atom stereocenters. The summed E-state index contributed by atoms with van der Waals surface area (Å²) in [7, 11) is 1.48. The number of rotatable bonds is 3. The molecule has 98 valence electrons. The Morgan fingerprint density at radius 3 is 2.63 bits per heavy atom. The van der Waals surface area contributed by atoms with Crippen molar-refractivity contribution in [2.45, 2.75) is 6.92 Å². The van der Waals surface area contributed by atoms with E-state index >= 15 is 0 Å². The average Bonchev–Trinajstić information content (AvgIpc) is 2.41. The Morgan fingerprint density at radius 1 is 1.21 bits per heavy atom. The minimum atomic E-state index is -0.559. The van der Waals surface area contributed by atoms with Crippen LogP contribution in [0.1, 0.15) is 21.5 Å². The zero-order chi connectivity index (χ0) is 14.0. The third kappa shape index (κ3) is 2.68. The predicted octanol–water partition coefficient (Wildman–Crippen LogP) is 4.14. The summed E-state index contributed by atoms with van der Waals surface area (Å²) >= 11 is 3.08. The molecule has 0 aromatic heterocycles. The second kappa shape index (κ2) is 5.53. The van der Waals surface area contributed by atoms with Crippen LogP contribution in [0.25, 0.3) is 0 Å². The largest absolute Gasteiger partial charge is 0.496 e. The number of benzene rings is 2. The highest BCUT2D eigenvalue weighted by atomic mass is 79.9. The van der Waals surface area contributed by atoms with Crippen LogP contribution in [0.5, 0.6) is 5.75 Å². The molecule has 2 rings (SSSR count). The molecule has 0 amide bonds. The van der Waals surface area contributed by atoms with Crippen LogP contribution >= 0.6 is 15.9 Å². The van der Waals surface area contributed by atoms with E-state index in [-0.39, 0.29) is 15.8 Å². The van der Waals surface area contributed by atoms with Gasteiger partial charge in [0, 0.05) is 0 Å². The van der Waals surface area contributed by atoms with Crippen molar-refractivity contribution in [3.63, 3.8) is 0 Å². The van der Waals surface area contributed by atoms with Crippen LogP contribution in [0, 0.1) is 12.7 Å². The van der Waals surface area contributed by atoms with Crippen LogP contribution in [0.15, 0.2) is 40.9 Å². The Morgan fingerprint density at radius 2 is 1.95 bits per heavy atom. The van der Waals surface area contributed by atoms with Crippen molar-refractivity contribution in [3.05, 3.63) is 63.4 Å². The minimum absolute atomic E-state index is 0.0262. The van der Waals surface area contributed by atoms with Gasteiger partial charge in [-0.05, 0) is 47.1 Å². The van der Waals surface area contributed by atoms with Gasteiger partial charge in [-0.2, -0.15) is 0 Å². The lowest BCUT2D eigenvalue weighted by molar-refractivity contribution is 0.103. The highest BCUT2D eigenvalue weighted by Crippen LogP contribution is 2.26. The molecule has 0 atom stereocenters. The maximum atomic E-state index is 14.0. The lowest BCUT2D eigenvalue weighted by atomic mass is 10.0. The fourth-order valence-corrected chi connectivity index (χ4v) is 2.19. The summed E-state index contributed by atoms with van der Waals surface area (Å²) in [5.74, 6) is -0.509. The van der Waals surface area contributed by atoms with E-state index in [1.807, 2.05) is 13.0 Å². The summed E-state index contributed by atoms with van der Waals surface area (Å²) in [5.41, 5.74) is 1.30. The number of hydrogen-bond acceptors (Lipinski definition) is 2. The summed E-state index contributed by atoms with van der Waals surface area (Å²) in [4.78, 5) is 12.4. The van der Waals surface area contributed by atoms with Crippen LogP contribution in [-0.4, -0.2) is 12.9 Å². The van der Waals surface area contributed by atoms with E-state index in [1.54, 1.807) is 24.3 Å². The van der Waals surface area contributed by atoms with E-state index in [0.29, 0.717) is 11.3 Å². The molecular formula is C15H12BrFO2. The van der Waals surface area contributed by atoms with Gasteiger partial charge in [-0.1, -0.05) is 17.7 Å². The van der Waals surface area contributed by atoms with Gasteiger partial charge in [0.15, 0.2) is 5.78 Å². The number of ether oxygens (including phenoxy) is 1. The summed E-state index contributed by atoms with van der Waals surface area (Å²) in [6.45, 7) is 1.87. The van der Waals surface area contributed by atoms with Crippen LogP contribution < -0.4 is 4.74 Å². The van der Waals surface area contributed by atoms with Gasteiger partial charge in [-0.3, -0.25) is 4.79 Å². The van der Waals surface area contributed by atoms with Crippen molar-refractivity contribution in [3.8, 4) is 5.75 Å². The first kappa shape index (κ1) is 13.7. The molecule has 0 radical (unpaired) electrons. The molecule has 0 saturated heterocycles. The number of aryl methyl sites for hydroxylation is 1. The zero-order valence-corrected chi connectivity index (χ0v) is 12.1. The number of hydrogen-bond donors (Lipinski definition) is 0. The first-order chi connectivity index (χ1) is 9.04. The molecule has 0 bridgehead atoms. The maximum Gasteiger partial charge on any atom is 0.199 e. The quantitative estimate of drug-likeness (QED) is 0.794. The monoisotopic (exact) mass is 322 g/mol. The summed E-state index contributed by atoms with van der Waals surface area (Å²) in [6.07, 6.45) is 0. The van der Waals surface area contributed by atoms with Crippen molar-refractivity contribution in [2.24, 2.45) is 0 Å². The number of ketones is 1. The predicted molar refractivity (Wildman–Crippen MR) is 75.3 cm³/mol. The van der Waals surface area contributed by atoms with Gasteiger partial charge in [0.05, 0.1) is 22.7 Å². The van der Waals surface area contributed by atoms with E-state index in [1.165, 1.54) is 13.2 Å². The van der Waals surface area contributed by atoms with E-state index in [2.05, 4.69) is 15.9 Å². The highest BCUT2D eigenvalue weighted by molar-refractivity contribution is 9.10. The molecule has 0 saturated carbocycles. The smallest absolute Gasteiger partial charge is 0.199 e. The number of halogens is 2. The molecule has 0 spiro atoms. The lowest BCUT2D eigenvalue weighted by Gasteiger charge is -2.09. The Hall–Kier alpha value is -1.68. The lowest BCUT2D eigenvalue weighted by Crippen LogP contribution is -2.07. The van der Waals surface area contributed by atoms with Gasteiger partial charge in [0.2, 0.25) is 0 Å². The fourth-order valence-electron chi connectivity index (χ4n) is 1.82. The molecule has 0 heterocycles. The van der Waals surface area contributed by atoms with Gasteiger partial charge in [-0.25, -0.2) is 4.39 Å². The van der Waals surface area contributed by atoms with Gasteiger partial charge >= 0.3 is 0 Å². The van der Waals surface area contributed by atoms with E-state index in [9.17, 15) is 9.18 Å². The average molecular weight is 323 g/mol. The first-order valence-electron chi connectivity index (χ1n) is 5.68. The molecule has 19 heavy (non-hydrogen) atoms. The minimum Gasteiger partial charge on any atom is -0.496 e. The molecule has 0 aliphatic rings. The normalized spacial score (nSPS) is 10.3. The van der Waals surface area contributed by atoms with E-state index in [0.717, 1.165) is 5.56 Å². The Labute approximate surface area is 119 Å².